The lowest BCUT2D eigenvalue weighted by atomic mass is 9.98. The SMILES string of the molecule is COc1cc2c(cc1OC)C(OC(=O)c1cccc(Cl)c1)C(O)(CO)C2. The topological polar surface area (TPSA) is 85.2 Å². The number of aliphatic hydroxyl groups excluding tert-OH is 1. The van der Waals surface area contributed by atoms with Crippen molar-refractivity contribution in [2.75, 3.05) is 20.8 Å². The van der Waals surface area contributed by atoms with Crippen molar-refractivity contribution in [3.8, 4) is 11.5 Å². The van der Waals surface area contributed by atoms with Crippen LogP contribution in [0, 0.1) is 0 Å². The van der Waals surface area contributed by atoms with E-state index in [1.54, 1.807) is 30.3 Å². The zero-order chi connectivity index (χ0) is 18.9. The molecule has 2 aromatic carbocycles. The van der Waals surface area contributed by atoms with Crippen LogP contribution in [0.2, 0.25) is 5.02 Å². The van der Waals surface area contributed by atoms with E-state index in [9.17, 15) is 15.0 Å². The fourth-order valence-electron chi connectivity index (χ4n) is 3.15. The molecule has 0 bridgehead atoms. The smallest absolute Gasteiger partial charge is 0.338 e. The maximum atomic E-state index is 12.5. The Morgan fingerprint density at radius 1 is 1.23 bits per heavy atom. The Hall–Kier alpha value is -2.28. The number of fused-ring (bicyclic) bond motifs is 1. The van der Waals surface area contributed by atoms with Crippen LogP contribution in [0.15, 0.2) is 36.4 Å². The molecule has 2 atom stereocenters. The average Bonchev–Trinajstić information content (AvgIpc) is 2.92. The third-order valence-corrected chi connectivity index (χ3v) is 4.71. The van der Waals surface area contributed by atoms with Crippen LogP contribution in [0.4, 0.5) is 0 Å². The van der Waals surface area contributed by atoms with Gasteiger partial charge in [-0.05, 0) is 35.9 Å². The Kier molecular flexibility index (Phi) is 5.09. The minimum absolute atomic E-state index is 0.118. The molecule has 0 aromatic heterocycles. The molecule has 0 amide bonds. The van der Waals surface area contributed by atoms with Crippen molar-refractivity contribution in [3.05, 3.63) is 58.1 Å². The number of rotatable bonds is 5. The molecule has 0 saturated carbocycles. The minimum Gasteiger partial charge on any atom is -0.493 e. The Balaban J connectivity index is 1.98. The van der Waals surface area contributed by atoms with Crippen molar-refractivity contribution >= 4 is 17.6 Å². The summed E-state index contributed by atoms with van der Waals surface area (Å²) in [4.78, 5) is 12.5. The summed E-state index contributed by atoms with van der Waals surface area (Å²) in [7, 11) is 3.00. The zero-order valence-electron chi connectivity index (χ0n) is 14.4. The summed E-state index contributed by atoms with van der Waals surface area (Å²) in [6, 6.07) is 9.68. The van der Waals surface area contributed by atoms with Gasteiger partial charge in [-0.1, -0.05) is 17.7 Å². The molecule has 0 radical (unpaired) electrons. The molecule has 0 spiro atoms. The minimum atomic E-state index is -1.63. The van der Waals surface area contributed by atoms with E-state index in [0.717, 1.165) is 0 Å². The van der Waals surface area contributed by atoms with Gasteiger partial charge in [0.1, 0.15) is 5.60 Å². The second-order valence-electron chi connectivity index (χ2n) is 6.14. The number of methoxy groups -OCH3 is 2. The van der Waals surface area contributed by atoms with E-state index in [1.165, 1.54) is 20.3 Å². The van der Waals surface area contributed by atoms with Gasteiger partial charge in [0.2, 0.25) is 0 Å². The first-order valence-corrected chi connectivity index (χ1v) is 8.34. The molecule has 0 heterocycles. The highest BCUT2D eigenvalue weighted by Crippen LogP contribution is 2.46. The molecule has 1 aliphatic carbocycles. The molecule has 26 heavy (non-hydrogen) atoms. The van der Waals surface area contributed by atoms with Crippen LogP contribution in [0.1, 0.15) is 27.6 Å². The van der Waals surface area contributed by atoms with Gasteiger partial charge in [-0.3, -0.25) is 0 Å². The highest BCUT2D eigenvalue weighted by atomic mass is 35.5. The van der Waals surface area contributed by atoms with E-state index in [4.69, 9.17) is 25.8 Å². The predicted octanol–water partition coefficient (Wildman–Crippen LogP) is 2.53. The summed E-state index contributed by atoms with van der Waals surface area (Å²) in [5, 5.41) is 20.9. The number of halogens is 1. The summed E-state index contributed by atoms with van der Waals surface area (Å²) in [6.45, 7) is -0.570. The first-order valence-electron chi connectivity index (χ1n) is 7.96. The summed E-state index contributed by atoms with van der Waals surface area (Å²) >= 11 is 5.92. The fraction of sp³-hybridized carbons (Fsp3) is 0.316. The van der Waals surface area contributed by atoms with Crippen LogP contribution >= 0.6 is 11.6 Å². The lowest BCUT2D eigenvalue weighted by Crippen LogP contribution is -2.40. The second kappa shape index (κ2) is 7.15. The van der Waals surface area contributed by atoms with Gasteiger partial charge in [-0.25, -0.2) is 4.79 Å². The summed E-state index contributed by atoms with van der Waals surface area (Å²) in [6.07, 6.45) is -0.930. The monoisotopic (exact) mass is 378 g/mol. The van der Waals surface area contributed by atoms with Crippen molar-refractivity contribution in [1.82, 2.24) is 0 Å². The Morgan fingerprint density at radius 3 is 2.54 bits per heavy atom. The van der Waals surface area contributed by atoms with Crippen molar-refractivity contribution in [3.63, 3.8) is 0 Å². The molecule has 1 aliphatic rings. The standard InChI is InChI=1S/C19H19ClO6/c1-24-15-7-12-9-19(23,10-21)17(14(12)8-16(15)25-2)26-18(22)11-4-3-5-13(20)6-11/h3-8,17,21,23H,9-10H2,1-2H3. The van der Waals surface area contributed by atoms with Gasteiger partial charge < -0.3 is 24.4 Å². The van der Waals surface area contributed by atoms with Crippen molar-refractivity contribution in [2.45, 2.75) is 18.1 Å². The van der Waals surface area contributed by atoms with Crippen LogP contribution in [-0.2, 0) is 11.2 Å². The molecule has 2 N–H and O–H groups in total. The zero-order valence-corrected chi connectivity index (χ0v) is 15.1. The lowest BCUT2D eigenvalue weighted by molar-refractivity contribution is -0.103. The molecule has 2 unspecified atom stereocenters. The fourth-order valence-corrected chi connectivity index (χ4v) is 3.34. The van der Waals surface area contributed by atoms with E-state index < -0.39 is 24.3 Å². The van der Waals surface area contributed by atoms with E-state index in [1.807, 2.05) is 0 Å². The number of benzene rings is 2. The summed E-state index contributed by atoms with van der Waals surface area (Å²) in [5.41, 5.74) is -0.0992. The normalized spacial score (nSPS) is 21.2. The van der Waals surface area contributed by atoms with E-state index in [2.05, 4.69) is 0 Å². The molecule has 0 saturated heterocycles. The van der Waals surface area contributed by atoms with Crippen molar-refractivity contribution < 1.29 is 29.2 Å². The number of hydrogen-bond acceptors (Lipinski definition) is 6. The molecular weight excluding hydrogens is 360 g/mol. The van der Waals surface area contributed by atoms with Crippen LogP contribution in [0.5, 0.6) is 11.5 Å². The number of carbonyl (C=O) groups is 1. The number of ether oxygens (including phenoxy) is 3. The number of aliphatic hydroxyl groups is 2. The van der Waals surface area contributed by atoms with Crippen LogP contribution < -0.4 is 9.47 Å². The maximum Gasteiger partial charge on any atom is 0.338 e. The number of hydrogen-bond donors (Lipinski definition) is 2. The second-order valence-corrected chi connectivity index (χ2v) is 6.58. The number of carbonyl (C=O) groups excluding carboxylic acids is 1. The molecule has 3 rings (SSSR count). The molecular formula is C19H19ClO6. The van der Waals surface area contributed by atoms with Gasteiger partial charge in [-0.15, -0.1) is 0 Å². The predicted molar refractivity (Wildman–Crippen MR) is 94.9 cm³/mol. The summed E-state index contributed by atoms with van der Waals surface area (Å²) in [5.74, 6) is 0.289. The third kappa shape index (κ3) is 3.23. The molecule has 0 aliphatic heterocycles. The Morgan fingerprint density at radius 2 is 1.92 bits per heavy atom. The highest BCUT2D eigenvalue weighted by Gasteiger charge is 2.48. The quantitative estimate of drug-likeness (QED) is 0.778. The molecule has 6 nitrogen and oxygen atoms in total. The van der Waals surface area contributed by atoms with Gasteiger partial charge in [0.25, 0.3) is 0 Å². The van der Waals surface area contributed by atoms with Crippen molar-refractivity contribution in [2.24, 2.45) is 0 Å². The summed E-state index contributed by atoms with van der Waals surface area (Å²) < 4.78 is 16.1. The average molecular weight is 379 g/mol. The maximum absolute atomic E-state index is 12.5. The van der Waals surface area contributed by atoms with E-state index >= 15 is 0 Å². The van der Waals surface area contributed by atoms with Gasteiger partial charge in [0.15, 0.2) is 17.6 Å². The van der Waals surface area contributed by atoms with Crippen LogP contribution in [0.25, 0.3) is 0 Å². The largest absolute Gasteiger partial charge is 0.493 e. The van der Waals surface area contributed by atoms with Crippen LogP contribution in [-0.4, -0.2) is 42.6 Å². The van der Waals surface area contributed by atoms with E-state index in [-0.39, 0.29) is 12.0 Å². The van der Waals surface area contributed by atoms with Gasteiger partial charge in [0, 0.05) is 17.0 Å². The third-order valence-electron chi connectivity index (χ3n) is 4.47. The Bertz CT molecular complexity index is 837. The van der Waals surface area contributed by atoms with Gasteiger partial charge >= 0.3 is 5.97 Å². The lowest BCUT2D eigenvalue weighted by Gasteiger charge is -2.28. The molecule has 7 heteroatoms. The highest BCUT2D eigenvalue weighted by molar-refractivity contribution is 6.30. The van der Waals surface area contributed by atoms with E-state index in [0.29, 0.717) is 27.6 Å². The first kappa shape index (κ1) is 18.5. The van der Waals surface area contributed by atoms with Crippen molar-refractivity contribution in [1.29, 1.82) is 0 Å². The van der Waals surface area contributed by atoms with Gasteiger partial charge in [-0.2, -0.15) is 0 Å². The van der Waals surface area contributed by atoms with Gasteiger partial charge in [0.05, 0.1) is 26.4 Å². The Labute approximate surface area is 155 Å². The number of esters is 1. The molecule has 138 valence electrons. The molecule has 2 aromatic rings. The first-order chi connectivity index (χ1) is 12.4. The van der Waals surface area contributed by atoms with Crippen LogP contribution in [0.3, 0.4) is 0 Å². The molecule has 0 fully saturated rings.